The van der Waals surface area contributed by atoms with Gasteiger partial charge < -0.3 is 10.6 Å². The van der Waals surface area contributed by atoms with Crippen LogP contribution in [0.2, 0.25) is 0 Å². The maximum atomic E-state index is 11.8. The van der Waals surface area contributed by atoms with Gasteiger partial charge in [0.25, 0.3) is 0 Å². The van der Waals surface area contributed by atoms with Gasteiger partial charge in [-0.05, 0) is 43.1 Å². The van der Waals surface area contributed by atoms with Crippen molar-refractivity contribution in [1.82, 2.24) is 0 Å². The number of benzene rings is 1. The van der Waals surface area contributed by atoms with Gasteiger partial charge in [0.05, 0.1) is 11.6 Å². The average molecular weight is 229 g/mol. The van der Waals surface area contributed by atoms with Gasteiger partial charge in [-0.1, -0.05) is 0 Å². The summed E-state index contributed by atoms with van der Waals surface area (Å²) in [4.78, 5) is 13.6. The van der Waals surface area contributed by atoms with E-state index in [1.807, 2.05) is 19.1 Å². The molecular formula is C13H15N3O. The van der Waals surface area contributed by atoms with E-state index in [4.69, 9.17) is 11.0 Å². The van der Waals surface area contributed by atoms with E-state index in [0.717, 1.165) is 11.3 Å². The molecule has 1 aromatic carbocycles. The molecule has 1 atom stereocenters. The van der Waals surface area contributed by atoms with Crippen molar-refractivity contribution in [2.24, 2.45) is 11.7 Å². The first-order valence-corrected chi connectivity index (χ1v) is 5.67. The van der Waals surface area contributed by atoms with Gasteiger partial charge in [-0.3, -0.25) is 4.79 Å². The summed E-state index contributed by atoms with van der Waals surface area (Å²) < 4.78 is 0. The normalized spacial score (nSPS) is 19.5. The van der Waals surface area contributed by atoms with Crippen LogP contribution in [0.1, 0.15) is 17.5 Å². The maximum Gasteiger partial charge on any atom is 0.227 e. The van der Waals surface area contributed by atoms with Crippen molar-refractivity contribution >= 4 is 11.6 Å². The van der Waals surface area contributed by atoms with Crippen LogP contribution in [0.4, 0.5) is 5.69 Å². The summed E-state index contributed by atoms with van der Waals surface area (Å²) in [5.41, 5.74) is 8.00. The monoisotopic (exact) mass is 229 g/mol. The molecule has 2 N–H and O–H groups in total. The molecule has 1 aromatic rings. The van der Waals surface area contributed by atoms with Crippen molar-refractivity contribution in [3.8, 4) is 6.07 Å². The average Bonchev–Trinajstić information content (AvgIpc) is 2.70. The molecule has 0 bridgehead atoms. The van der Waals surface area contributed by atoms with Crippen LogP contribution in [0.3, 0.4) is 0 Å². The van der Waals surface area contributed by atoms with Crippen LogP contribution >= 0.6 is 0 Å². The molecule has 1 aliphatic heterocycles. The molecule has 0 saturated carbocycles. The van der Waals surface area contributed by atoms with Crippen LogP contribution in [0, 0.1) is 24.2 Å². The van der Waals surface area contributed by atoms with Crippen LogP contribution in [-0.2, 0) is 4.79 Å². The largest absolute Gasteiger partial charge is 0.330 e. The highest BCUT2D eigenvalue weighted by Gasteiger charge is 2.29. The Morgan fingerprint density at radius 1 is 1.59 bits per heavy atom. The number of amides is 1. The van der Waals surface area contributed by atoms with Gasteiger partial charge in [0, 0.05) is 18.7 Å². The Bertz CT molecular complexity index is 490. The van der Waals surface area contributed by atoms with Crippen molar-refractivity contribution < 1.29 is 4.79 Å². The molecule has 1 aliphatic rings. The summed E-state index contributed by atoms with van der Waals surface area (Å²) in [7, 11) is 0. The van der Waals surface area contributed by atoms with E-state index in [1.165, 1.54) is 0 Å². The van der Waals surface area contributed by atoms with E-state index in [9.17, 15) is 4.79 Å². The summed E-state index contributed by atoms with van der Waals surface area (Å²) in [5.74, 6) is 0.364. The highest BCUT2D eigenvalue weighted by atomic mass is 16.2. The smallest absolute Gasteiger partial charge is 0.227 e. The lowest BCUT2D eigenvalue weighted by Gasteiger charge is -2.17. The Morgan fingerprint density at radius 3 is 2.88 bits per heavy atom. The molecule has 1 unspecified atom stereocenters. The zero-order valence-electron chi connectivity index (χ0n) is 9.81. The molecule has 17 heavy (non-hydrogen) atoms. The van der Waals surface area contributed by atoms with E-state index in [0.29, 0.717) is 25.1 Å². The van der Waals surface area contributed by atoms with Gasteiger partial charge in [-0.15, -0.1) is 0 Å². The zero-order valence-corrected chi connectivity index (χ0v) is 9.81. The van der Waals surface area contributed by atoms with Crippen molar-refractivity contribution in [2.75, 3.05) is 18.0 Å². The van der Waals surface area contributed by atoms with Crippen LogP contribution in [0.25, 0.3) is 0 Å². The predicted octanol–water partition coefficient (Wildman–Crippen LogP) is 1.18. The number of nitrogens with two attached hydrogens (primary N) is 1. The van der Waals surface area contributed by atoms with Gasteiger partial charge in [0.2, 0.25) is 5.91 Å². The number of anilines is 1. The molecule has 0 aromatic heterocycles. The van der Waals surface area contributed by atoms with E-state index in [-0.39, 0.29) is 11.8 Å². The predicted molar refractivity (Wildman–Crippen MR) is 65.4 cm³/mol. The number of rotatable bonds is 2. The van der Waals surface area contributed by atoms with E-state index >= 15 is 0 Å². The molecule has 88 valence electrons. The first-order valence-electron chi connectivity index (χ1n) is 5.67. The third-order valence-electron chi connectivity index (χ3n) is 3.18. The summed E-state index contributed by atoms with van der Waals surface area (Å²) in [5, 5.41) is 8.86. The number of aryl methyl sites for hydroxylation is 1. The second-order valence-electron chi connectivity index (χ2n) is 4.42. The molecule has 1 fully saturated rings. The Hall–Kier alpha value is -1.86. The zero-order chi connectivity index (χ0) is 12.4. The minimum absolute atomic E-state index is 0.115. The summed E-state index contributed by atoms with van der Waals surface area (Å²) >= 11 is 0. The SMILES string of the molecule is Cc1cc(N2CC(CN)CC2=O)ccc1C#N. The number of carbonyl (C=O) groups is 1. The molecule has 2 rings (SSSR count). The highest BCUT2D eigenvalue weighted by molar-refractivity contribution is 5.95. The first-order chi connectivity index (χ1) is 8.15. The summed E-state index contributed by atoms with van der Waals surface area (Å²) in [6.07, 6.45) is 0.523. The van der Waals surface area contributed by atoms with Crippen molar-refractivity contribution in [3.63, 3.8) is 0 Å². The fraction of sp³-hybridized carbons (Fsp3) is 0.385. The molecule has 0 aliphatic carbocycles. The van der Waals surface area contributed by atoms with Crippen LogP contribution in [0.15, 0.2) is 18.2 Å². The number of hydrogen-bond acceptors (Lipinski definition) is 3. The topological polar surface area (TPSA) is 70.1 Å². The van der Waals surface area contributed by atoms with Gasteiger partial charge in [-0.2, -0.15) is 5.26 Å². The van der Waals surface area contributed by atoms with Crippen molar-refractivity contribution in [2.45, 2.75) is 13.3 Å². The number of nitriles is 1. The molecule has 0 radical (unpaired) electrons. The Balaban J connectivity index is 2.27. The molecule has 1 amide bonds. The Morgan fingerprint density at radius 2 is 2.35 bits per heavy atom. The Labute approximate surface area is 101 Å². The molecule has 0 spiro atoms. The maximum absolute atomic E-state index is 11.8. The van der Waals surface area contributed by atoms with Gasteiger partial charge >= 0.3 is 0 Å². The molecule has 1 heterocycles. The fourth-order valence-electron chi connectivity index (χ4n) is 2.13. The minimum Gasteiger partial charge on any atom is -0.330 e. The van der Waals surface area contributed by atoms with Crippen molar-refractivity contribution in [3.05, 3.63) is 29.3 Å². The summed E-state index contributed by atoms with van der Waals surface area (Å²) in [6, 6.07) is 7.58. The number of hydrogen-bond donors (Lipinski definition) is 1. The van der Waals surface area contributed by atoms with Gasteiger partial charge in [0.1, 0.15) is 0 Å². The lowest BCUT2D eigenvalue weighted by molar-refractivity contribution is -0.117. The number of carbonyl (C=O) groups excluding carboxylic acids is 1. The molecule has 4 heteroatoms. The second kappa shape index (κ2) is 4.56. The van der Waals surface area contributed by atoms with E-state index < -0.39 is 0 Å². The molecule has 4 nitrogen and oxygen atoms in total. The first kappa shape index (κ1) is 11.6. The quantitative estimate of drug-likeness (QED) is 0.827. The molecular weight excluding hydrogens is 214 g/mol. The van der Waals surface area contributed by atoms with E-state index in [2.05, 4.69) is 6.07 Å². The van der Waals surface area contributed by atoms with E-state index in [1.54, 1.807) is 11.0 Å². The highest BCUT2D eigenvalue weighted by Crippen LogP contribution is 2.26. The summed E-state index contributed by atoms with van der Waals surface area (Å²) in [6.45, 7) is 3.10. The van der Waals surface area contributed by atoms with Gasteiger partial charge in [0.15, 0.2) is 0 Å². The fourth-order valence-corrected chi connectivity index (χ4v) is 2.13. The van der Waals surface area contributed by atoms with Crippen molar-refractivity contribution in [1.29, 1.82) is 5.26 Å². The lowest BCUT2D eigenvalue weighted by Crippen LogP contribution is -2.25. The number of nitrogens with zero attached hydrogens (tertiary/aromatic N) is 2. The minimum atomic E-state index is 0.115. The lowest BCUT2D eigenvalue weighted by atomic mass is 10.1. The third kappa shape index (κ3) is 2.15. The Kier molecular flexibility index (Phi) is 3.12. The van der Waals surface area contributed by atoms with Crippen LogP contribution in [0.5, 0.6) is 0 Å². The second-order valence-corrected chi connectivity index (χ2v) is 4.42. The third-order valence-corrected chi connectivity index (χ3v) is 3.18. The van der Waals surface area contributed by atoms with Gasteiger partial charge in [-0.25, -0.2) is 0 Å². The standard InChI is InChI=1S/C13H15N3O/c1-9-4-12(3-2-11(9)7-15)16-8-10(6-14)5-13(16)17/h2-4,10H,5-6,8,14H2,1H3. The van der Waals surface area contributed by atoms with Crippen LogP contribution < -0.4 is 10.6 Å². The van der Waals surface area contributed by atoms with Crippen LogP contribution in [-0.4, -0.2) is 19.0 Å². The molecule has 1 saturated heterocycles.